The Morgan fingerprint density at radius 2 is 1.93 bits per heavy atom. The fraction of sp³-hybridized carbons (Fsp3) is 0.273. The van der Waals surface area contributed by atoms with Crippen molar-refractivity contribution in [3.8, 4) is 0 Å². The second-order valence-electron chi connectivity index (χ2n) is 7.30. The van der Waals surface area contributed by atoms with E-state index in [0.717, 1.165) is 16.3 Å². The molecule has 154 valence electrons. The topological polar surface area (TPSA) is 88.3 Å². The molecule has 1 unspecified atom stereocenters. The van der Waals surface area contributed by atoms with Crippen molar-refractivity contribution in [1.29, 1.82) is 0 Å². The summed E-state index contributed by atoms with van der Waals surface area (Å²) >= 11 is 1.48. The van der Waals surface area contributed by atoms with Gasteiger partial charge in [0.2, 0.25) is 11.8 Å². The summed E-state index contributed by atoms with van der Waals surface area (Å²) in [7, 11) is 0. The first kappa shape index (κ1) is 20.2. The van der Waals surface area contributed by atoms with Gasteiger partial charge >= 0.3 is 0 Å². The summed E-state index contributed by atoms with van der Waals surface area (Å²) in [5.41, 5.74) is 2.56. The molecule has 1 aliphatic rings. The van der Waals surface area contributed by atoms with Crippen molar-refractivity contribution in [3.63, 3.8) is 0 Å². The standard InChI is InChI=1S/C22H22N4O3S/c1-14-10-15(2)24-22(23-14)30-19-7-5-17(6-8-19)25-21(28)16-11-20(27)26(12-16)13-18-4-3-9-29-18/h3-10,16H,11-13H2,1-2H3,(H,25,28). The van der Waals surface area contributed by atoms with Crippen molar-refractivity contribution in [2.24, 2.45) is 5.92 Å². The fourth-order valence-corrected chi connectivity index (χ4v) is 4.25. The highest BCUT2D eigenvalue weighted by Gasteiger charge is 2.34. The molecule has 0 radical (unpaired) electrons. The van der Waals surface area contributed by atoms with Crippen LogP contribution in [0.1, 0.15) is 23.6 Å². The first-order valence-electron chi connectivity index (χ1n) is 9.67. The zero-order valence-corrected chi connectivity index (χ0v) is 17.6. The van der Waals surface area contributed by atoms with E-state index in [-0.39, 0.29) is 24.2 Å². The monoisotopic (exact) mass is 422 g/mol. The summed E-state index contributed by atoms with van der Waals surface area (Å²) < 4.78 is 5.30. The highest BCUT2D eigenvalue weighted by Crippen LogP contribution is 2.27. The van der Waals surface area contributed by atoms with Gasteiger partial charge in [-0.3, -0.25) is 9.59 Å². The number of aryl methyl sites for hydroxylation is 2. The van der Waals surface area contributed by atoms with Crippen LogP contribution in [0.25, 0.3) is 0 Å². The average molecular weight is 423 g/mol. The predicted octanol–water partition coefficient (Wildman–Crippen LogP) is 3.82. The lowest BCUT2D eigenvalue weighted by Gasteiger charge is -2.15. The molecule has 4 rings (SSSR count). The van der Waals surface area contributed by atoms with Gasteiger partial charge < -0.3 is 14.6 Å². The van der Waals surface area contributed by atoms with Crippen LogP contribution in [0, 0.1) is 19.8 Å². The first-order chi connectivity index (χ1) is 14.5. The Morgan fingerprint density at radius 1 is 1.20 bits per heavy atom. The third-order valence-electron chi connectivity index (χ3n) is 4.80. The number of anilines is 1. The van der Waals surface area contributed by atoms with Gasteiger partial charge in [-0.05, 0) is 68.1 Å². The predicted molar refractivity (Wildman–Crippen MR) is 113 cm³/mol. The summed E-state index contributed by atoms with van der Waals surface area (Å²) in [6, 6.07) is 13.1. The van der Waals surface area contributed by atoms with Crippen LogP contribution in [-0.2, 0) is 16.1 Å². The van der Waals surface area contributed by atoms with Crippen LogP contribution < -0.4 is 5.32 Å². The second kappa shape index (κ2) is 8.71. The first-order valence-corrected chi connectivity index (χ1v) is 10.5. The Bertz CT molecular complexity index is 1030. The van der Waals surface area contributed by atoms with Crippen molar-refractivity contribution in [3.05, 3.63) is 65.9 Å². The molecule has 0 bridgehead atoms. The second-order valence-corrected chi connectivity index (χ2v) is 8.34. The van der Waals surface area contributed by atoms with E-state index in [1.165, 1.54) is 11.8 Å². The molecule has 1 aliphatic heterocycles. The molecule has 8 heteroatoms. The van der Waals surface area contributed by atoms with Crippen LogP contribution >= 0.6 is 11.8 Å². The summed E-state index contributed by atoms with van der Waals surface area (Å²) in [6.45, 7) is 4.67. The van der Waals surface area contributed by atoms with E-state index in [4.69, 9.17) is 4.42 Å². The van der Waals surface area contributed by atoms with Crippen LogP contribution in [-0.4, -0.2) is 33.2 Å². The number of rotatable bonds is 6. The Kier molecular flexibility index (Phi) is 5.85. The third-order valence-corrected chi connectivity index (χ3v) is 5.68. The summed E-state index contributed by atoms with van der Waals surface area (Å²) in [4.78, 5) is 36.4. The van der Waals surface area contributed by atoms with E-state index in [1.807, 2.05) is 50.2 Å². The van der Waals surface area contributed by atoms with Crippen LogP contribution in [0.15, 0.2) is 63.2 Å². The van der Waals surface area contributed by atoms with Gasteiger partial charge in [0.15, 0.2) is 5.16 Å². The van der Waals surface area contributed by atoms with Gasteiger partial charge in [-0.1, -0.05) is 0 Å². The van der Waals surface area contributed by atoms with Crippen LogP contribution in [0.4, 0.5) is 5.69 Å². The molecule has 2 amide bonds. The van der Waals surface area contributed by atoms with Gasteiger partial charge in [0.1, 0.15) is 5.76 Å². The molecule has 7 nitrogen and oxygen atoms in total. The minimum absolute atomic E-state index is 0.0354. The van der Waals surface area contributed by atoms with Crippen molar-refractivity contribution >= 4 is 29.3 Å². The van der Waals surface area contributed by atoms with Crippen molar-refractivity contribution in [2.45, 2.75) is 36.9 Å². The quantitative estimate of drug-likeness (QED) is 0.608. The van der Waals surface area contributed by atoms with E-state index >= 15 is 0 Å². The van der Waals surface area contributed by atoms with Crippen LogP contribution in [0.3, 0.4) is 0 Å². The Balaban J connectivity index is 1.34. The maximum Gasteiger partial charge on any atom is 0.229 e. The number of hydrogen-bond acceptors (Lipinski definition) is 6. The van der Waals surface area contributed by atoms with E-state index < -0.39 is 0 Å². The molecule has 3 aromatic rings. The number of nitrogens with zero attached hydrogens (tertiary/aromatic N) is 3. The lowest BCUT2D eigenvalue weighted by Crippen LogP contribution is -2.27. The van der Waals surface area contributed by atoms with E-state index in [0.29, 0.717) is 29.7 Å². The largest absolute Gasteiger partial charge is 0.467 e. The fourth-order valence-electron chi connectivity index (χ4n) is 3.39. The molecule has 1 saturated heterocycles. The minimum atomic E-state index is -0.370. The minimum Gasteiger partial charge on any atom is -0.467 e. The molecule has 0 saturated carbocycles. The molecule has 1 aromatic carbocycles. The highest BCUT2D eigenvalue weighted by atomic mass is 32.2. The lowest BCUT2D eigenvalue weighted by molar-refractivity contribution is -0.128. The average Bonchev–Trinajstić information content (AvgIpc) is 3.33. The van der Waals surface area contributed by atoms with Gasteiger partial charge in [0, 0.05) is 34.9 Å². The van der Waals surface area contributed by atoms with Crippen LogP contribution in [0.5, 0.6) is 0 Å². The molecule has 1 N–H and O–H groups in total. The maximum atomic E-state index is 12.6. The van der Waals surface area contributed by atoms with Gasteiger partial charge in [0.25, 0.3) is 0 Å². The zero-order chi connectivity index (χ0) is 21.1. The molecular weight excluding hydrogens is 400 g/mol. The summed E-state index contributed by atoms with van der Waals surface area (Å²) in [5, 5.41) is 3.61. The molecule has 30 heavy (non-hydrogen) atoms. The molecule has 3 heterocycles. The van der Waals surface area contributed by atoms with Crippen LogP contribution in [0.2, 0.25) is 0 Å². The Hall–Kier alpha value is -3.13. The van der Waals surface area contributed by atoms with E-state index in [9.17, 15) is 9.59 Å². The molecule has 2 aromatic heterocycles. The number of furan rings is 1. The zero-order valence-electron chi connectivity index (χ0n) is 16.8. The number of carbonyl (C=O) groups excluding carboxylic acids is 2. The van der Waals surface area contributed by atoms with Gasteiger partial charge in [-0.15, -0.1) is 0 Å². The lowest BCUT2D eigenvalue weighted by atomic mass is 10.1. The normalized spacial score (nSPS) is 16.1. The highest BCUT2D eigenvalue weighted by molar-refractivity contribution is 7.99. The van der Waals surface area contributed by atoms with Gasteiger partial charge in [-0.25, -0.2) is 9.97 Å². The number of nitrogens with one attached hydrogen (secondary N) is 1. The SMILES string of the molecule is Cc1cc(C)nc(Sc2ccc(NC(=O)C3CC(=O)N(Cc4ccco4)C3)cc2)n1. The summed E-state index contributed by atoms with van der Waals surface area (Å²) in [5.74, 6) is 0.158. The van der Waals surface area contributed by atoms with Crippen molar-refractivity contribution < 1.29 is 14.0 Å². The van der Waals surface area contributed by atoms with Crippen molar-refractivity contribution in [2.75, 3.05) is 11.9 Å². The molecule has 0 spiro atoms. The van der Waals surface area contributed by atoms with Gasteiger partial charge in [0.05, 0.1) is 18.7 Å². The third kappa shape index (κ3) is 4.88. The number of benzene rings is 1. The smallest absolute Gasteiger partial charge is 0.229 e. The molecular formula is C22H22N4O3S. The maximum absolute atomic E-state index is 12.6. The number of aromatic nitrogens is 2. The number of carbonyl (C=O) groups is 2. The molecule has 1 fully saturated rings. The van der Waals surface area contributed by atoms with Crippen molar-refractivity contribution in [1.82, 2.24) is 14.9 Å². The number of likely N-dealkylation sites (tertiary alicyclic amines) is 1. The number of amides is 2. The Labute approximate surface area is 178 Å². The molecule has 1 atom stereocenters. The van der Waals surface area contributed by atoms with Gasteiger partial charge in [-0.2, -0.15) is 0 Å². The number of hydrogen-bond donors (Lipinski definition) is 1. The van der Waals surface area contributed by atoms with E-state index in [2.05, 4.69) is 15.3 Å². The molecule has 0 aliphatic carbocycles. The Morgan fingerprint density at radius 3 is 2.60 bits per heavy atom. The van der Waals surface area contributed by atoms with E-state index in [1.54, 1.807) is 17.2 Å². The summed E-state index contributed by atoms with van der Waals surface area (Å²) in [6.07, 6.45) is 1.79.